The van der Waals surface area contributed by atoms with Crippen molar-refractivity contribution in [2.45, 2.75) is 12.1 Å². The highest BCUT2D eigenvalue weighted by Crippen LogP contribution is 2.32. The number of carbonyl (C=O) groups is 2. The molecule has 4 N–H and O–H groups in total. The molecular formula is C40H54Cl4N8O3. The van der Waals surface area contributed by atoms with E-state index in [0.717, 1.165) is 47.3 Å². The maximum absolute atomic E-state index is 13.0. The predicted octanol–water partition coefficient (Wildman–Crippen LogP) is 6.63. The van der Waals surface area contributed by atoms with Gasteiger partial charge in [0.15, 0.2) is 0 Å². The Bertz CT molecular complexity index is 1700. The minimum atomic E-state index is -0.233. The first-order valence-corrected chi connectivity index (χ1v) is 16.9. The van der Waals surface area contributed by atoms with Gasteiger partial charge in [-0.05, 0) is 63.6 Å². The van der Waals surface area contributed by atoms with Gasteiger partial charge in [0.2, 0.25) is 0 Å². The quantitative estimate of drug-likeness (QED) is 0.205. The molecule has 0 saturated carbocycles. The molecule has 0 spiro atoms. The number of halogens is 4. The van der Waals surface area contributed by atoms with Crippen molar-refractivity contribution in [3.63, 3.8) is 0 Å². The molecule has 6 rings (SSSR count). The van der Waals surface area contributed by atoms with Gasteiger partial charge in [-0.15, -0.1) is 49.6 Å². The van der Waals surface area contributed by atoms with Gasteiger partial charge in [0.25, 0.3) is 11.8 Å². The largest absolute Gasteiger partial charge is 0.412 e. The molecule has 0 saturated heterocycles. The Morgan fingerprint density at radius 2 is 0.836 bits per heavy atom. The number of rotatable bonds is 8. The Balaban J connectivity index is 0.000000972. The molecule has 0 aromatic heterocycles. The SMILES string of the molecule is CN(C)CCN=C1Nc2ccccc2C(=O)N(C)C1c1ccccc1.CN(C)CCN=C1Nc2ccccc2C(=O)N(C)C1c1ccccc1.Cl.Cl.Cl.Cl.O. The van der Waals surface area contributed by atoms with Crippen LogP contribution >= 0.6 is 49.6 Å². The van der Waals surface area contributed by atoms with Crippen molar-refractivity contribution < 1.29 is 15.1 Å². The van der Waals surface area contributed by atoms with Gasteiger partial charge in [-0.3, -0.25) is 19.6 Å². The Hall–Kier alpha value is -4.20. The van der Waals surface area contributed by atoms with Crippen LogP contribution in [-0.4, -0.2) is 117 Å². The third-order valence-electron chi connectivity index (χ3n) is 8.66. The molecule has 0 aliphatic carbocycles. The van der Waals surface area contributed by atoms with Crippen LogP contribution in [0, 0.1) is 0 Å². The van der Waals surface area contributed by atoms with Gasteiger partial charge in [-0.25, -0.2) is 0 Å². The Labute approximate surface area is 350 Å². The van der Waals surface area contributed by atoms with E-state index >= 15 is 0 Å². The topological polar surface area (TPSA) is 127 Å². The van der Waals surface area contributed by atoms with Crippen LogP contribution in [0.5, 0.6) is 0 Å². The van der Waals surface area contributed by atoms with Gasteiger partial charge in [0.1, 0.15) is 23.8 Å². The summed E-state index contributed by atoms with van der Waals surface area (Å²) in [5, 5.41) is 6.82. The maximum atomic E-state index is 13.0. The van der Waals surface area contributed by atoms with E-state index in [0.29, 0.717) is 24.2 Å². The lowest BCUT2D eigenvalue weighted by Gasteiger charge is -2.27. The van der Waals surface area contributed by atoms with Crippen molar-refractivity contribution in [3.8, 4) is 0 Å². The van der Waals surface area contributed by atoms with Crippen molar-refractivity contribution in [1.82, 2.24) is 19.6 Å². The smallest absolute Gasteiger partial charge is 0.256 e. The summed E-state index contributed by atoms with van der Waals surface area (Å²) in [6.07, 6.45) is 0. The number of amidine groups is 2. The van der Waals surface area contributed by atoms with Gasteiger partial charge in [-0.2, -0.15) is 0 Å². The molecule has 4 aromatic rings. The van der Waals surface area contributed by atoms with Crippen LogP contribution in [-0.2, 0) is 0 Å². The second kappa shape index (κ2) is 24.3. The summed E-state index contributed by atoms with van der Waals surface area (Å²) in [6, 6.07) is 34.8. The number of hydrogen-bond acceptors (Lipinski definition) is 6. The van der Waals surface area contributed by atoms with Crippen molar-refractivity contribution in [2.75, 3.05) is 79.1 Å². The minimum absolute atomic E-state index is 0. The number of benzene rings is 4. The number of nitrogens with one attached hydrogen (secondary N) is 2. The summed E-state index contributed by atoms with van der Waals surface area (Å²) in [7, 11) is 11.8. The van der Waals surface area contributed by atoms with Crippen LogP contribution in [0.1, 0.15) is 43.9 Å². The van der Waals surface area contributed by atoms with E-state index in [1.165, 1.54) is 0 Å². The lowest BCUT2D eigenvalue weighted by molar-refractivity contribution is 0.0765. The normalized spacial score (nSPS) is 17.2. The third kappa shape index (κ3) is 12.9. The number of likely N-dealkylation sites (N-methyl/N-ethyl adjacent to an activating group) is 4. The summed E-state index contributed by atoms with van der Waals surface area (Å²) in [5.41, 5.74) is 5.04. The molecule has 55 heavy (non-hydrogen) atoms. The van der Waals surface area contributed by atoms with Crippen LogP contribution in [0.4, 0.5) is 11.4 Å². The molecule has 300 valence electrons. The van der Waals surface area contributed by atoms with E-state index in [4.69, 9.17) is 9.98 Å². The van der Waals surface area contributed by atoms with Crippen molar-refractivity contribution >= 4 is 84.5 Å². The summed E-state index contributed by atoms with van der Waals surface area (Å²) in [6.45, 7) is 3.05. The number of nitrogens with zero attached hydrogens (tertiary/aromatic N) is 6. The molecule has 2 aliphatic heterocycles. The lowest BCUT2D eigenvalue weighted by Crippen LogP contribution is -2.36. The molecule has 2 atom stereocenters. The standard InChI is InChI=1S/2C20H24N4O.4ClH.H2O/c2*1-23(2)14-13-21-19-18(15-9-5-4-6-10-15)24(3)20(25)16-11-7-8-12-17(16)22-19;;;;;/h2*4-12,18H,13-14H2,1-3H3,(H,21,22);4*1H;1H2. The molecule has 2 heterocycles. The van der Waals surface area contributed by atoms with Crippen LogP contribution < -0.4 is 10.6 Å². The highest BCUT2D eigenvalue weighted by molar-refractivity contribution is 6.12. The zero-order valence-electron chi connectivity index (χ0n) is 32.0. The maximum Gasteiger partial charge on any atom is 0.256 e. The highest BCUT2D eigenvalue weighted by Gasteiger charge is 2.33. The first-order valence-electron chi connectivity index (χ1n) is 16.9. The van der Waals surface area contributed by atoms with E-state index in [-0.39, 0.29) is 79.0 Å². The summed E-state index contributed by atoms with van der Waals surface area (Å²) in [4.78, 5) is 43.3. The molecule has 0 fully saturated rings. The monoisotopic (exact) mass is 834 g/mol. The molecule has 15 heteroatoms. The molecule has 0 bridgehead atoms. The number of aliphatic imine (C=N–C) groups is 2. The second-order valence-corrected chi connectivity index (χ2v) is 12.9. The average Bonchev–Trinajstić information content (AvgIpc) is 3.29. The van der Waals surface area contributed by atoms with Gasteiger partial charge < -0.3 is 35.7 Å². The fraction of sp³-hybridized carbons (Fsp3) is 0.300. The van der Waals surface area contributed by atoms with E-state index in [1.54, 1.807) is 9.80 Å². The van der Waals surface area contributed by atoms with E-state index in [1.807, 2.05) is 151 Å². The summed E-state index contributed by atoms with van der Waals surface area (Å²) >= 11 is 0. The average molecular weight is 837 g/mol. The zero-order valence-corrected chi connectivity index (χ0v) is 35.3. The minimum Gasteiger partial charge on any atom is -0.412 e. The zero-order chi connectivity index (χ0) is 35.6. The van der Waals surface area contributed by atoms with Crippen LogP contribution in [0.25, 0.3) is 0 Å². The number of hydrogen-bond donors (Lipinski definition) is 2. The Morgan fingerprint density at radius 1 is 0.527 bits per heavy atom. The molecule has 2 amide bonds. The van der Waals surface area contributed by atoms with E-state index in [2.05, 4.69) is 20.4 Å². The van der Waals surface area contributed by atoms with Gasteiger partial charge in [-0.1, -0.05) is 84.9 Å². The fourth-order valence-electron chi connectivity index (χ4n) is 5.98. The third-order valence-corrected chi connectivity index (χ3v) is 8.66. The van der Waals surface area contributed by atoms with Crippen LogP contribution in [0.15, 0.2) is 119 Å². The molecular weight excluding hydrogens is 782 g/mol. The van der Waals surface area contributed by atoms with Crippen molar-refractivity contribution in [1.29, 1.82) is 0 Å². The Kier molecular flexibility index (Phi) is 22.5. The van der Waals surface area contributed by atoms with E-state index < -0.39 is 0 Å². The molecule has 0 radical (unpaired) electrons. The number of anilines is 2. The first-order chi connectivity index (χ1) is 24.2. The fourth-order valence-corrected chi connectivity index (χ4v) is 5.98. The van der Waals surface area contributed by atoms with Gasteiger partial charge in [0, 0.05) is 27.2 Å². The first kappa shape index (κ1) is 50.8. The van der Waals surface area contributed by atoms with Crippen molar-refractivity contribution in [3.05, 3.63) is 131 Å². The number of para-hydroxylation sites is 2. The number of fused-ring (bicyclic) bond motifs is 2. The van der Waals surface area contributed by atoms with Crippen LogP contribution in [0.3, 0.4) is 0 Å². The molecule has 2 aliphatic rings. The Morgan fingerprint density at radius 3 is 1.16 bits per heavy atom. The van der Waals surface area contributed by atoms with Crippen molar-refractivity contribution in [2.24, 2.45) is 9.98 Å². The predicted molar refractivity (Wildman–Crippen MR) is 237 cm³/mol. The lowest BCUT2D eigenvalue weighted by atomic mass is 10.0. The van der Waals surface area contributed by atoms with Gasteiger partial charge in [0.05, 0.1) is 35.6 Å². The molecule has 11 nitrogen and oxygen atoms in total. The van der Waals surface area contributed by atoms with Gasteiger partial charge >= 0.3 is 0 Å². The second-order valence-electron chi connectivity index (χ2n) is 12.9. The number of carbonyl (C=O) groups excluding carboxylic acids is 2. The summed E-state index contributed by atoms with van der Waals surface area (Å²) in [5.74, 6) is 1.59. The van der Waals surface area contributed by atoms with Crippen LogP contribution in [0.2, 0.25) is 0 Å². The molecule has 2 unspecified atom stereocenters. The molecule has 4 aromatic carbocycles. The highest BCUT2D eigenvalue weighted by atomic mass is 35.5. The van der Waals surface area contributed by atoms with E-state index in [9.17, 15) is 9.59 Å². The number of amides is 2. The summed E-state index contributed by atoms with van der Waals surface area (Å²) < 4.78 is 0.